The van der Waals surface area contributed by atoms with Crippen LogP contribution in [0.3, 0.4) is 0 Å². The largest absolute Gasteiger partial charge is 0.0622 e. The van der Waals surface area contributed by atoms with Crippen LogP contribution >= 0.6 is 0 Å². The van der Waals surface area contributed by atoms with Gasteiger partial charge in [0.15, 0.2) is 0 Å². The van der Waals surface area contributed by atoms with E-state index in [-0.39, 0.29) is 0 Å². The number of rotatable bonds is 8. The van der Waals surface area contributed by atoms with Gasteiger partial charge in [-0.15, -0.1) is 0 Å². The quantitative estimate of drug-likeness (QED) is 0.134. The summed E-state index contributed by atoms with van der Waals surface area (Å²) in [4.78, 5) is 0. The Morgan fingerprint density at radius 2 is 0.391 bits per heavy atom. The van der Waals surface area contributed by atoms with Crippen molar-refractivity contribution in [2.75, 3.05) is 0 Å². The highest BCUT2D eigenvalue weighted by Gasteiger charge is 2.16. The second-order valence-corrected chi connectivity index (χ2v) is 16.9. The molecule has 0 nitrogen and oxygen atoms in total. The average molecular weight is 811 g/mol. The third-order valence-corrected chi connectivity index (χ3v) is 13.0. The molecule has 12 aromatic rings. The topological polar surface area (TPSA) is 0 Å². The van der Waals surface area contributed by atoms with E-state index in [2.05, 4.69) is 255 Å². The summed E-state index contributed by atoms with van der Waals surface area (Å²) in [7, 11) is 0. The van der Waals surface area contributed by atoms with Crippen molar-refractivity contribution in [1.82, 2.24) is 0 Å². The summed E-state index contributed by atoms with van der Waals surface area (Å²) in [6.07, 6.45) is 0. The maximum absolute atomic E-state index is 2.32. The Balaban J connectivity index is 0.911. The van der Waals surface area contributed by atoms with Crippen molar-refractivity contribution < 1.29 is 0 Å². The van der Waals surface area contributed by atoms with Crippen molar-refractivity contribution in [3.8, 4) is 89.0 Å². The van der Waals surface area contributed by atoms with Crippen LogP contribution < -0.4 is 0 Å². The average Bonchev–Trinajstić information content (AvgIpc) is 3.38. The zero-order chi connectivity index (χ0) is 42.4. The van der Waals surface area contributed by atoms with Crippen LogP contribution in [0.15, 0.2) is 255 Å². The van der Waals surface area contributed by atoms with Gasteiger partial charge in [-0.25, -0.2) is 0 Å². The molecule has 0 atom stereocenters. The van der Waals surface area contributed by atoms with Crippen molar-refractivity contribution in [2.45, 2.75) is 0 Å². The fourth-order valence-corrected chi connectivity index (χ4v) is 9.77. The van der Waals surface area contributed by atoms with Gasteiger partial charge in [-0.3, -0.25) is 0 Å². The van der Waals surface area contributed by atoms with E-state index in [1.54, 1.807) is 0 Å². The van der Waals surface area contributed by atoms with Gasteiger partial charge >= 0.3 is 0 Å². The number of benzene rings is 12. The van der Waals surface area contributed by atoms with E-state index in [1.165, 1.54) is 121 Å². The van der Waals surface area contributed by atoms with Crippen molar-refractivity contribution in [3.05, 3.63) is 255 Å². The molecule has 0 aromatic heterocycles. The molecule has 0 heteroatoms. The SMILES string of the molecule is c1ccc(-c2cc(-c3ccccc3)cc(-c3ccc(-c4ccc5ccc6c(-c7ccc(-c8cc(-c9ccccc9)cc(-c9ccccc9)c8)cc7)ccc7ccc4c5c76)cc3)c2)cc1. The van der Waals surface area contributed by atoms with Crippen LogP contribution in [0.4, 0.5) is 0 Å². The molecule has 0 aliphatic heterocycles. The van der Waals surface area contributed by atoms with Gasteiger partial charge in [-0.05, 0) is 158 Å². The summed E-state index contributed by atoms with van der Waals surface area (Å²) in [5.41, 5.74) is 19.5. The van der Waals surface area contributed by atoms with Crippen molar-refractivity contribution in [1.29, 1.82) is 0 Å². The summed E-state index contributed by atoms with van der Waals surface area (Å²) in [6, 6.07) is 93.5. The summed E-state index contributed by atoms with van der Waals surface area (Å²) < 4.78 is 0. The van der Waals surface area contributed by atoms with Gasteiger partial charge in [0.2, 0.25) is 0 Å². The summed E-state index contributed by atoms with van der Waals surface area (Å²) in [6.45, 7) is 0. The molecule has 0 aliphatic carbocycles. The highest BCUT2D eigenvalue weighted by atomic mass is 14.2. The van der Waals surface area contributed by atoms with E-state index in [9.17, 15) is 0 Å². The minimum absolute atomic E-state index is 1.20. The van der Waals surface area contributed by atoms with Crippen LogP contribution in [0, 0.1) is 0 Å². The van der Waals surface area contributed by atoms with E-state index in [4.69, 9.17) is 0 Å². The molecular formula is C64H42. The normalized spacial score (nSPS) is 11.4. The second-order valence-electron chi connectivity index (χ2n) is 16.9. The molecule has 0 fully saturated rings. The van der Waals surface area contributed by atoms with Crippen molar-refractivity contribution in [3.63, 3.8) is 0 Å². The van der Waals surface area contributed by atoms with Gasteiger partial charge < -0.3 is 0 Å². The van der Waals surface area contributed by atoms with Crippen molar-refractivity contribution >= 4 is 32.3 Å². The zero-order valence-electron chi connectivity index (χ0n) is 35.2. The van der Waals surface area contributed by atoms with Gasteiger partial charge in [-0.2, -0.15) is 0 Å². The van der Waals surface area contributed by atoms with Crippen LogP contribution in [-0.4, -0.2) is 0 Å². The lowest BCUT2D eigenvalue weighted by molar-refractivity contribution is 1.56. The Kier molecular flexibility index (Phi) is 9.28. The molecule has 0 aliphatic rings. The number of hydrogen-bond acceptors (Lipinski definition) is 0. The first-order chi connectivity index (χ1) is 31.7. The van der Waals surface area contributed by atoms with Crippen LogP contribution in [0.2, 0.25) is 0 Å². The van der Waals surface area contributed by atoms with E-state index in [0.717, 1.165) is 0 Å². The first-order valence-electron chi connectivity index (χ1n) is 22.1. The van der Waals surface area contributed by atoms with Crippen LogP contribution in [0.25, 0.3) is 121 Å². The molecule has 12 aromatic carbocycles. The van der Waals surface area contributed by atoms with Gasteiger partial charge in [0.25, 0.3) is 0 Å². The van der Waals surface area contributed by atoms with Gasteiger partial charge in [0.1, 0.15) is 0 Å². The highest BCUT2D eigenvalue weighted by Crippen LogP contribution is 2.43. The third-order valence-electron chi connectivity index (χ3n) is 13.0. The lowest BCUT2D eigenvalue weighted by atomic mass is 9.86. The molecule has 0 bridgehead atoms. The minimum Gasteiger partial charge on any atom is -0.0622 e. The number of hydrogen-bond donors (Lipinski definition) is 0. The Hall–Kier alpha value is -8.32. The fourth-order valence-electron chi connectivity index (χ4n) is 9.77. The molecule has 298 valence electrons. The Morgan fingerprint density at radius 1 is 0.156 bits per heavy atom. The molecule has 0 spiro atoms. The molecule has 0 unspecified atom stereocenters. The van der Waals surface area contributed by atoms with E-state index in [0.29, 0.717) is 0 Å². The Bertz CT molecular complexity index is 3230. The molecule has 0 saturated carbocycles. The molecule has 64 heavy (non-hydrogen) atoms. The first kappa shape index (κ1) is 37.4. The minimum atomic E-state index is 1.20. The van der Waals surface area contributed by atoms with E-state index in [1.807, 2.05) is 0 Å². The molecule has 0 radical (unpaired) electrons. The molecule has 0 heterocycles. The Labute approximate surface area is 374 Å². The third kappa shape index (κ3) is 6.83. The summed E-state index contributed by atoms with van der Waals surface area (Å²) in [5.74, 6) is 0. The van der Waals surface area contributed by atoms with Crippen molar-refractivity contribution in [2.24, 2.45) is 0 Å². The highest BCUT2D eigenvalue weighted by molar-refractivity contribution is 6.27. The van der Waals surface area contributed by atoms with Gasteiger partial charge in [0, 0.05) is 0 Å². The van der Waals surface area contributed by atoms with E-state index < -0.39 is 0 Å². The monoisotopic (exact) mass is 810 g/mol. The Morgan fingerprint density at radius 3 is 0.672 bits per heavy atom. The summed E-state index contributed by atoms with van der Waals surface area (Å²) >= 11 is 0. The van der Waals surface area contributed by atoms with Crippen LogP contribution in [-0.2, 0) is 0 Å². The fraction of sp³-hybridized carbons (Fsp3) is 0. The van der Waals surface area contributed by atoms with Gasteiger partial charge in [0.05, 0.1) is 0 Å². The predicted molar refractivity (Wildman–Crippen MR) is 274 cm³/mol. The molecule has 0 N–H and O–H groups in total. The first-order valence-corrected chi connectivity index (χ1v) is 22.1. The maximum Gasteiger partial charge on any atom is -0.00203 e. The second kappa shape index (κ2) is 15.9. The van der Waals surface area contributed by atoms with Crippen LogP contribution in [0.1, 0.15) is 0 Å². The smallest absolute Gasteiger partial charge is 0.00203 e. The van der Waals surface area contributed by atoms with Gasteiger partial charge in [-0.1, -0.05) is 218 Å². The molecule has 0 amide bonds. The predicted octanol–water partition coefficient (Wildman–Crippen LogP) is 17.9. The molecular weight excluding hydrogens is 769 g/mol. The molecule has 12 rings (SSSR count). The van der Waals surface area contributed by atoms with E-state index >= 15 is 0 Å². The lowest BCUT2D eigenvalue weighted by Gasteiger charge is -2.17. The zero-order valence-corrected chi connectivity index (χ0v) is 35.2. The van der Waals surface area contributed by atoms with Crippen LogP contribution in [0.5, 0.6) is 0 Å². The summed E-state index contributed by atoms with van der Waals surface area (Å²) in [5, 5.41) is 7.73. The molecule has 0 saturated heterocycles. The standard InChI is InChI=1S/C64H42/c1-5-13-43(14-6-1)53-37-54(44-15-7-2-8-16-44)40-57(39-53)47-21-25-49(26-22-47)59-33-29-51-32-36-62-60(34-30-52-31-35-61(59)63(51)64(52)62)50-27-23-48(24-28-50)58-41-55(45-17-9-3-10-18-45)38-56(42-58)46-19-11-4-12-20-46/h1-42H. The maximum atomic E-state index is 2.32. The lowest BCUT2D eigenvalue weighted by Crippen LogP contribution is -1.90.